The van der Waals surface area contributed by atoms with Gasteiger partial charge in [0.1, 0.15) is 17.7 Å². The van der Waals surface area contributed by atoms with E-state index in [0.29, 0.717) is 5.56 Å². The summed E-state index contributed by atoms with van der Waals surface area (Å²) in [6.45, 7) is 10.5. The average molecular weight is 515 g/mol. The maximum Gasteiger partial charge on any atom is 0.131 e. The highest BCUT2D eigenvalue weighted by molar-refractivity contribution is 5.95. The van der Waals surface area contributed by atoms with Crippen molar-refractivity contribution in [1.82, 2.24) is 20.6 Å². The number of anilines is 3. The first-order chi connectivity index (χ1) is 18.7. The lowest BCUT2D eigenvalue weighted by Crippen LogP contribution is -2.50. The quantitative estimate of drug-likeness (QED) is 0.353. The van der Waals surface area contributed by atoms with E-state index < -0.39 is 0 Å². The topological polar surface area (TPSA) is 101 Å². The molecule has 0 amide bonds. The van der Waals surface area contributed by atoms with Crippen LogP contribution in [0, 0.1) is 11.3 Å². The minimum atomic E-state index is 0.108. The second-order valence-electron chi connectivity index (χ2n) is 10.1. The van der Waals surface area contributed by atoms with Crippen molar-refractivity contribution in [1.29, 1.82) is 5.26 Å². The number of nitriles is 1. The molecule has 5 rings (SSSR count). The summed E-state index contributed by atoms with van der Waals surface area (Å²) >= 11 is 0. The van der Waals surface area contributed by atoms with E-state index in [0.717, 1.165) is 100.0 Å². The molecule has 2 aromatic heterocycles. The van der Waals surface area contributed by atoms with Crippen molar-refractivity contribution in [3.8, 4) is 6.07 Å². The number of morpholine rings is 1. The molecule has 3 aromatic rings. The summed E-state index contributed by atoms with van der Waals surface area (Å²) in [5.41, 5.74) is 2.50. The summed E-state index contributed by atoms with van der Waals surface area (Å²) < 4.78 is 6.24. The van der Waals surface area contributed by atoms with Crippen molar-refractivity contribution in [2.75, 3.05) is 74.0 Å². The van der Waals surface area contributed by atoms with Crippen LogP contribution in [0.5, 0.6) is 0 Å². The van der Waals surface area contributed by atoms with Crippen LogP contribution in [0.2, 0.25) is 0 Å². The summed E-state index contributed by atoms with van der Waals surface area (Å²) in [5.74, 6) is 2.00. The Bertz CT molecular complexity index is 1240. The first-order valence-corrected chi connectivity index (χ1v) is 13.8. The number of hydrogen-bond acceptors (Lipinski definition) is 9. The lowest BCUT2D eigenvalue weighted by Gasteiger charge is -2.38. The van der Waals surface area contributed by atoms with Crippen molar-refractivity contribution in [2.24, 2.45) is 0 Å². The lowest BCUT2D eigenvalue weighted by molar-refractivity contribution is -0.0145. The molecule has 38 heavy (non-hydrogen) atoms. The highest BCUT2D eigenvalue weighted by atomic mass is 16.5. The van der Waals surface area contributed by atoms with E-state index in [9.17, 15) is 5.26 Å². The first kappa shape index (κ1) is 26.2. The van der Waals surface area contributed by atoms with Gasteiger partial charge in [0, 0.05) is 69.6 Å². The SMILES string of the molecule is CC1CN(c2ccc(C#N)c3ncccc23)CC(CNCCCCNc2cccc(N3CCNCC3)n2)O1. The predicted octanol–water partition coefficient (Wildman–Crippen LogP) is 2.99. The zero-order valence-electron chi connectivity index (χ0n) is 22.2. The number of aromatic nitrogens is 2. The number of pyridine rings is 2. The number of hydrogen-bond donors (Lipinski definition) is 3. The summed E-state index contributed by atoms with van der Waals surface area (Å²) in [6.07, 6.45) is 4.15. The largest absolute Gasteiger partial charge is 0.370 e. The molecule has 2 saturated heterocycles. The van der Waals surface area contributed by atoms with Gasteiger partial charge in [0.25, 0.3) is 0 Å². The fourth-order valence-electron chi connectivity index (χ4n) is 5.32. The maximum absolute atomic E-state index is 9.47. The molecule has 2 aliphatic rings. The number of unbranched alkanes of at least 4 members (excludes halogenated alkanes) is 1. The second kappa shape index (κ2) is 12.9. The monoisotopic (exact) mass is 514 g/mol. The number of ether oxygens (including phenoxy) is 1. The predicted molar refractivity (Wildman–Crippen MR) is 153 cm³/mol. The van der Waals surface area contributed by atoms with Crippen LogP contribution < -0.4 is 25.8 Å². The van der Waals surface area contributed by atoms with Crippen LogP contribution >= 0.6 is 0 Å². The highest BCUT2D eigenvalue weighted by Crippen LogP contribution is 2.30. The number of nitrogens with one attached hydrogen (secondary N) is 3. The molecule has 2 aliphatic heterocycles. The normalized spacial score (nSPS) is 19.9. The summed E-state index contributed by atoms with van der Waals surface area (Å²) in [5, 5.41) is 20.9. The van der Waals surface area contributed by atoms with E-state index in [2.05, 4.69) is 61.9 Å². The number of fused-ring (bicyclic) bond motifs is 1. The Balaban J connectivity index is 1.05. The van der Waals surface area contributed by atoms with Crippen molar-refractivity contribution in [2.45, 2.75) is 32.0 Å². The molecule has 3 N–H and O–H groups in total. The molecule has 0 bridgehead atoms. The summed E-state index contributed by atoms with van der Waals surface area (Å²) in [7, 11) is 0. The Labute approximate surface area is 225 Å². The minimum absolute atomic E-state index is 0.108. The Morgan fingerprint density at radius 3 is 2.79 bits per heavy atom. The molecule has 0 radical (unpaired) electrons. The van der Waals surface area contributed by atoms with Crippen LogP contribution in [0.4, 0.5) is 17.3 Å². The average Bonchev–Trinajstić information content (AvgIpc) is 2.96. The summed E-state index contributed by atoms with van der Waals surface area (Å²) in [6, 6.07) is 16.4. The van der Waals surface area contributed by atoms with Gasteiger partial charge in [-0.15, -0.1) is 0 Å². The number of piperazine rings is 1. The highest BCUT2D eigenvalue weighted by Gasteiger charge is 2.26. The Morgan fingerprint density at radius 2 is 1.92 bits per heavy atom. The van der Waals surface area contributed by atoms with E-state index in [1.165, 1.54) is 0 Å². The van der Waals surface area contributed by atoms with Gasteiger partial charge in [-0.05, 0) is 62.7 Å². The fraction of sp³-hybridized carbons (Fsp3) is 0.483. The third kappa shape index (κ3) is 6.51. The van der Waals surface area contributed by atoms with Gasteiger partial charge in [-0.3, -0.25) is 4.98 Å². The van der Waals surface area contributed by atoms with E-state index in [1.807, 2.05) is 24.3 Å². The van der Waals surface area contributed by atoms with Gasteiger partial charge >= 0.3 is 0 Å². The fourth-order valence-corrected chi connectivity index (χ4v) is 5.32. The van der Waals surface area contributed by atoms with Crippen LogP contribution in [0.1, 0.15) is 25.3 Å². The van der Waals surface area contributed by atoms with Crippen molar-refractivity contribution in [3.63, 3.8) is 0 Å². The van der Waals surface area contributed by atoms with Gasteiger partial charge in [0.05, 0.1) is 23.3 Å². The van der Waals surface area contributed by atoms with Gasteiger partial charge in [0.2, 0.25) is 0 Å². The molecule has 0 aliphatic carbocycles. The zero-order chi connectivity index (χ0) is 26.2. The number of rotatable bonds is 10. The molecule has 9 heteroatoms. The number of benzene rings is 1. The Hall–Kier alpha value is -3.45. The third-order valence-electron chi connectivity index (χ3n) is 7.17. The molecular formula is C29H38N8O. The molecule has 200 valence electrons. The van der Waals surface area contributed by atoms with Crippen molar-refractivity contribution < 1.29 is 4.74 Å². The van der Waals surface area contributed by atoms with Gasteiger partial charge in [0.15, 0.2) is 0 Å². The van der Waals surface area contributed by atoms with Gasteiger partial charge in [-0.25, -0.2) is 4.98 Å². The third-order valence-corrected chi connectivity index (χ3v) is 7.17. The van der Waals surface area contributed by atoms with E-state index in [4.69, 9.17) is 9.72 Å². The molecule has 0 saturated carbocycles. The maximum atomic E-state index is 9.47. The minimum Gasteiger partial charge on any atom is -0.370 e. The molecule has 2 unspecified atom stereocenters. The molecule has 2 atom stereocenters. The van der Waals surface area contributed by atoms with E-state index in [1.54, 1.807) is 6.20 Å². The van der Waals surface area contributed by atoms with Crippen LogP contribution in [0.25, 0.3) is 10.9 Å². The molecule has 1 aromatic carbocycles. The van der Waals surface area contributed by atoms with Crippen LogP contribution in [-0.2, 0) is 4.74 Å². The van der Waals surface area contributed by atoms with Crippen LogP contribution in [0.3, 0.4) is 0 Å². The zero-order valence-corrected chi connectivity index (χ0v) is 22.2. The van der Waals surface area contributed by atoms with Crippen molar-refractivity contribution >= 4 is 28.2 Å². The Kier molecular flexibility index (Phi) is 8.86. The summed E-state index contributed by atoms with van der Waals surface area (Å²) in [4.78, 5) is 14.0. The smallest absolute Gasteiger partial charge is 0.131 e. The molecule has 2 fully saturated rings. The van der Waals surface area contributed by atoms with Gasteiger partial charge in [-0.2, -0.15) is 5.26 Å². The molecule has 0 spiro atoms. The second-order valence-corrected chi connectivity index (χ2v) is 10.1. The molecule has 9 nitrogen and oxygen atoms in total. The van der Waals surface area contributed by atoms with Gasteiger partial charge < -0.3 is 30.5 Å². The van der Waals surface area contributed by atoms with Crippen LogP contribution in [-0.4, -0.2) is 81.1 Å². The lowest BCUT2D eigenvalue weighted by atomic mass is 10.1. The molecule has 4 heterocycles. The number of nitrogens with zero attached hydrogens (tertiary/aromatic N) is 5. The van der Waals surface area contributed by atoms with E-state index >= 15 is 0 Å². The Morgan fingerprint density at radius 1 is 1.05 bits per heavy atom. The first-order valence-electron chi connectivity index (χ1n) is 13.8. The van der Waals surface area contributed by atoms with Gasteiger partial charge in [-0.1, -0.05) is 6.07 Å². The standard InChI is InChI=1S/C29H38N8O/c1-22-20-37(26-10-9-23(18-30)29-25(26)6-5-13-34-29)21-24(38-22)19-32-11-2-3-12-33-27-7-4-8-28(35-27)36-16-14-31-15-17-36/h4-10,13,22,24,31-32H,2-3,11-12,14-17,19-21H2,1H3,(H,33,35). The van der Waals surface area contributed by atoms with Crippen molar-refractivity contribution in [3.05, 3.63) is 54.2 Å². The van der Waals surface area contributed by atoms with E-state index in [-0.39, 0.29) is 12.2 Å². The molecular weight excluding hydrogens is 476 g/mol. The van der Waals surface area contributed by atoms with Crippen LogP contribution in [0.15, 0.2) is 48.7 Å².